The second kappa shape index (κ2) is 4.78. The lowest BCUT2D eigenvalue weighted by atomic mass is 10.2. The van der Waals surface area contributed by atoms with Crippen LogP contribution >= 0.6 is 11.6 Å². The molecular weight excluding hydrogens is 262 g/mol. The number of hydrogen-bond acceptors (Lipinski definition) is 4. The maximum Gasteiger partial charge on any atom is 0.223 e. The second-order valence-electron chi connectivity index (χ2n) is 4.03. The largest absolute Gasteiger partial charge is 0.223 e. The van der Waals surface area contributed by atoms with Crippen LogP contribution in [0.25, 0.3) is 17.1 Å². The number of nitrogens with zero attached hydrogens (tertiary/aromatic N) is 5. The van der Waals surface area contributed by atoms with E-state index in [1.165, 1.54) is 0 Å². The van der Waals surface area contributed by atoms with E-state index >= 15 is 0 Å². The van der Waals surface area contributed by atoms with Gasteiger partial charge in [0.25, 0.3) is 0 Å². The highest BCUT2D eigenvalue weighted by atomic mass is 35.5. The molecule has 94 valence electrons. The smallest absolute Gasteiger partial charge is 0.223 e. The number of hydrogen-bond donors (Lipinski definition) is 0. The zero-order valence-electron chi connectivity index (χ0n) is 10.2. The van der Waals surface area contributed by atoms with Gasteiger partial charge < -0.3 is 0 Å². The Balaban J connectivity index is 2.15. The average molecular weight is 272 g/mol. The lowest BCUT2D eigenvalue weighted by Crippen LogP contribution is -2.01. The van der Waals surface area contributed by atoms with E-state index in [4.69, 9.17) is 11.6 Å². The van der Waals surface area contributed by atoms with Crippen LogP contribution in [0.4, 0.5) is 0 Å². The van der Waals surface area contributed by atoms with Crippen LogP contribution < -0.4 is 0 Å². The zero-order chi connectivity index (χ0) is 13.2. The second-order valence-corrected chi connectivity index (χ2v) is 4.37. The molecule has 0 fully saturated rings. The molecule has 19 heavy (non-hydrogen) atoms. The van der Waals surface area contributed by atoms with Gasteiger partial charge in [-0.2, -0.15) is 0 Å². The van der Waals surface area contributed by atoms with E-state index in [9.17, 15) is 0 Å². The zero-order valence-corrected chi connectivity index (χ0v) is 10.9. The van der Waals surface area contributed by atoms with Crippen LogP contribution in [0.5, 0.6) is 0 Å². The number of para-hydroxylation sites is 1. The number of aromatic nitrogens is 5. The molecule has 3 rings (SSSR count). The van der Waals surface area contributed by atoms with Crippen LogP contribution in [0.1, 0.15) is 5.69 Å². The molecule has 5 nitrogen and oxygen atoms in total. The summed E-state index contributed by atoms with van der Waals surface area (Å²) in [6.07, 6.45) is 1.66. The number of halogens is 1. The van der Waals surface area contributed by atoms with Crippen molar-refractivity contribution in [3.8, 4) is 17.1 Å². The van der Waals surface area contributed by atoms with Crippen LogP contribution in [-0.2, 0) is 0 Å². The maximum absolute atomic E-state index is 5.89. The highest BCUT2D eigenvalue weighted by Crippen LogP contribution is 2.21. The molecule has 0 bridgehead atoms. The molecule has 0 radical (unpaired) electrons. The van der Waals surface area contributed by atoms with E-state index in [2.05, 4.69) is 20.3 Å². The number of aryl methyl sites for hydroxylation is 1. The van der Waals surface area contributed by atoms with Gasteiger partial charge in [0, 0.05) is 5.69 Å². The molecule has 0 aliphatic rings. The lowest BCUT2D eigenvalue weighted by Gasteiger charge is -2.06. The highest BCUT2D eigenvalue weighted by Gasteiger charge is 2.11. The fourth-order valence-electron chi connectivity index (χ4n) is 1.83. The van der Waals surface area contributed by atoms with Crippen molar-refractivity contribution < 1.29 is 0 Å². The Kier molecular flexibility index (Phi) is 2.97. The van der Waals surface area contributed by atoms with Gasteiger partial charge in [-0.15, -0.1) is 5.10 Å². The number of benzene rings is 1. The normalized spacial score (nSPS) is 10.6. The van der Waals surface area contributed by atoms with Gasteiger partial charge in [0.1, 0.15) is 5.69 Å². The van der Waals surface area contributed by atoms with Gasteiger partial charge in [0.05, 0.1) is 17.6 Å². The van der Waals surface area contributed by atoms with Crippen molar-refractivity contribution in [3.63, 3.8) is 0 Å². The third-order valence-electron chi connectivity index (χ3n) is 2.64. The van der Waals surface area contributed by atoms with Gasteiger partial charge in [-0.3, -0.25) is 0 Å². The Morgan fingerprint density at radius 1 is 1.11 bits per heavy atom. The van der Waals surface area contributed by atoms with Gasteiger partial charge in [0.2, 0.25) is 5.28 Å². The van der Waals surface area contributed by atoms with E-state index in [0.717, 1.165) is 17.1 Å². The van der Waals surface area contributed by atoms with Crippen molar-refractivity contribution in [2.75, 3.05) is 0 Å². The summed E-state index contributed by atoms with van der Waals surface area (Å²) < 4.78 is 1.72. The SMILES string of the molecule is Cc1cc(-c2cnnn2-c2ccccc2)nc(Cl)n1. The average Bonchev–Trinajstić information content (AvgIpc) is 2.88. The molecule has 0 atom stereocenters. The predicted octanol–water partition coefficient (Wildman–Crippen LogP) is 2.69. The first-order valence-electron chi connectivity index (χ1n) is 5.72. The summed E-state index contributed by atoms with van der Waals surface area (Å²) in [6.45, 7) is 1.87. The van der Waals surface area contributed by atoms with Crippen LogP contribution in [-0.4, -0.2) is 25.0 Å². The van der Waals surface area contributed by atoms with Crippen LogP contribution in [0, 0.1) is 6.92 Å². The molecule has 0 amide bonds. The first kappa shape index (κ1) is 11.8. The standard InChI is InChI=1S/C13H10ClN5/c1-9-7-11(17-13(14)16-9)12-8-15-18-19(12)10-5-3-2-4-6-10/h2-8H,1H3. The summed E-state index contributed by atoms with van der Waals surface area (Å²) >= 11 is 5.89. The minimum atomic E-state index is 0.218. The Morgan fingerprint density at radius 2 is 1.89 bits per heavy atom. The van der Waals surface area contributed by atoms with E-state index < -0.39 is 0 Å². The molecule has 0 aliphatic heterocycles. The lowest BCUT2D eigenvalue weighted by molar-refractivity contribution is 0.805. The molecular formula is C13H10ClN5. The van der Waals surface area contributed by atoms with Crippen molar-refractivity contribution in [2.24, 2.45) is 0 Å². The molecule has 0 saturated heterocycles. The molecule has 0 saturated carbocycles. The maximum atomic E-state index is 5.89. The Hall–Kier alpha value is -2.27. The predicted molar refractivity (Wildman–Crippen MR) is 72.1 cm³/mol. The minimum Gasteiger partial charge on any atom is -0.223 e. The molecule has 0 aliphatic carbocycles. The summed E-state index contributed by atoms with van der Waals surface area (Å²) in [7, 11) is 0. The minimum absolute atomic E-state index is 0.218. The van der Waals surface area contributed by atoms with Crippen molar-refractivity contribution >= 4 is 11.6 Å². The molecule has 0 spiro atoms. The van der Waals surface area contributed by atoms with Crippen molar-refractivity contribution in [1.82, 2.24) is 25.0 Å². The van der Waals surface area contributed by atoms with Crippen LogP contribution in [0.2, 0.25) is 5.28 Å². The fourth-order valence-corrected chi connectivity index (χ4v) is 2.06. The third-order valence-corrected chi connectivity index (χ3v) is 2.81. The van der Waals surface area contributed by atoms with E-state index in [1.807, 2.05) is 43.3 Å². The van der Waals surface area contributed by atoms with E-state index in [0.29, 0.717) is 5.69 Å². The molecule has 0 unspecified atom stereocenters. The van der Waals surface area contributed by atoms with Crippen molar-refractivity contribution in [1.29, 1.82) is 0 Å². The van der Waals surface area contributed by atoms with Gasteiger partial charge >= 0.3 is 0 Å². The van der Waals surface area contributed by atoms with Crippen molar-refractivity contribution in [3.05, 3.63) is 53.6 Å². The molecule has 6 heteroatoms. The Morgan fingerprint density at radius 3 is 2.63 bits per heavy atom. The van der Waals surface area contributed by atoms with Gasteiger partial charge in [-0.05, 0) is 36.7 Å². The molecule has 2 heterocycles. The first-order valence-corrected chi connectivity index (χ1v) is 6.09. The first-order chi connectivity index (χ1) is 9.24. The van der Waals surface area contributed by atoms with Crippen molar-refractivity contribution in [2.45, 2.75) is 6.92 Å². The monoisotopic (exact) mass is 271 g/mol. The molecule has 1 aromatic carbocycles. The summed E-state index contributed by atoms with van der Waals surface area (Å²) in [5, 5.41) is 8.25. The third kappa shape index (κ3) is 2.32. The highest BCUT2D eigenvalue weighted by molar-refractivity contribution is 6.28. The Bertz CT molecular complexity index is 688. The fraction of sp³-hybridized carbons (Fsp3) is 0.0769. The van der Waals surface area contributed by atoms with Gasteiger partial charge in [-0.1, -0.05) is 23.4 Å². The molecule has 3 aromatic rings. The summed E-state index contributed by atoms with van der Waals surface area (Å²) in [5.41, 5.74) is 3.20. The van der Waals surface area contributed by atoms with Gasteiger partial charge in [0.15, 0.2) is 0 Å². The molecule has 2 aromatic heterocycles. The topological polar surface area (TPSA) is 56.5 Å². The van der Waals surface area contributed by atoms with E-state index in [1.54, 1.807) is 10.9 Å². The van der Waals surface area contributed by atoms with E-state index in [-0.39, 0.29) is 5.28 Å². The molecule has 0 N–H and O–H groups in total. The number of rotatable bonds is 2. The summed E-state index contributed by atoms with van der Waals surface area (Å²) in [6, 6.07) is 11.6. The summed E-state index contributed by atoms with van der Waals surface area (Å²) in [4.78, 5) is 8.27. The van der Waals surface area contributed by atoms with Gasteiger partial charge in [-0.25, -0.2) is 14.6 Å². The quantitative estimate of drug-likeness (QED) is 0.673. The van der Waals surface area contributed by atoms with Crippen LogP contribution in [0.15, 0.2) is 42.6 Å². The Labute approximate surface area is 114 Å². The summed E-state index contributed by atoms with van der Waals surface area (Å²) in [5.74, 6) is 0. The van der Waals surface area contributed by atoms with Crippen LogP contribution in [0.3, 0.4) is 0 Å².